The van der Waals surface area contributed by atoms with Gasteiger partial charge in [-0.05, 0) is 25.3 Å². The van der Waals surface area contributed by atoms with E-state index in [4.69, 9.17) is 0 Å². The van der Waals surface area contributed by atoms with Crippen molar-refractivity contribution in [3.63, 3.8) is 0 Å². The second-order valence-electron chi connectivity index (χ2n) is 8.75. The molecule has 156 valence electrons. The standard InChI is InChI=1S/C27H48/c1-3-4-5-6-7-8-9-10-11-12-13-14-15-16-17-18-19-20-23-27-24-21-22-26(2)25-27/h21-22,24-25H,3-20,23H2,1-2H3. The summed E-state index contributed by atoms with van der Waals surface area (Å²) in [5, 5.41) is 0. The molecule has 1 rings (SSSR count). The number of benzene rings is 1. The maximum Gasteiger partial charge on any atom is -0.0279 e. The highest BCUT2D eigenvalue weighted by Crippen LogP contribution is 2.15. The van der Waals surface area contributed by atoms with E-state index in [0.29, 0.717) is 0 Å². The van der Waals surface area contributed by atoms with Gasteiger partial charge in [0.2, 0.25) is 0 Å². The first-order valence-electron chi connectivity index (χ1n) is 12.4. The van der Waals surface area contributed by atoms with Crippen LogP contribution in [0, 0.1) is 6.92 Å². The fourth-order valence-corrected chi connectivity index (χ4v) is 4.10. The average Bonchev–Trinajstić information content (AvgIpc) is 2.67. The third-order valence-corrected chi connectivity index (χ3v) is 5.90. The van der Waals surface area contributed by atoms with Crippen LogP contribution in [0.3, 0.4) is 0 Å². The van der Waals surface area contributed by atoms with Crippen molar-refractivity contribution < 1.29 is 0 Å². The second-order valence-corrected chi connectivity index (χ2v) is 8.75. The van der Waals surface area contributed by atoms with E-state index < -0.39 is 0 Å². The van der Waals surface area contributed by atoms with E-state index in [2.05, 4.69) is 38.1 Å². The predicted molar refractivity (Wildman–Crippen MR) is 124 cm³/mol. The lowest BCUT2D eigenvalue weighted by Gasteiger charge is -2.04. The smallest absolute Gasteiger partial charge is 0.0279 e. The van der Waals surface area contributed by atoms with Crippen molar-refractivity contribution in [3.05, 3.63) is 35.4 Å². The van der Waals surface area contributed by atoms with Gasteiger partial charge in [-0.15, -0.1) is 0 Å². The zero-order valence-electron chi connectivity index (χ0n) is 18.7. The number of hydrogen-bond acceptors (Lipinski definition) is 0. The summed E-state index contributed by atoms with van der Waals surface area (Å²) in [7, 11) is 0. The van der Waals surface area contributed by atoms with Crippen molar-refractivity contribution >= 4 is 0 Å². The Kier molecular flexibility index (Phi) is 16.7. The molecule has 0 atom stereocenters. The summed E-state index contributed by atoms with van der Waals surface area (Å²) in [6, 6.07) is 9.01. The summed E-state index contributed by atoms with van der Waals surface area (Å²) >= 11 is 0. The van der Waals surface area contributed by atoms with E-state index in [0.717, 1.165) is 0 Å². The molecule has 1 aromatic rings. The fourth-order valence-electron chi connectivity index (χ4n) is 4.10. The van der Waals surface area contributed by atoms with Crippen LogP contribution in [0.5, 0.6) is 0 Å². The number of hydrogen-bond donors (Lipinski definition) is 0. The minimum absolute atomic E-state index is 1.26. The second kappa shape index (κ2) is 18.6. The molecule has 0 heteroatoms. The van der Waals surface area contributed by atoms with Gasteiger partial charge in [0.25, 0.3) is 0 Å². The summed E-state index contributed by atoms with van der Waals surface area (Å²) in [6.45, 7) is 4.49. The first-order chi connectivity index (χ1) is 13.3. The van der Waals surface area contributed by atoms with Gasteiger partial charge in [0.1, 0.15) is 0 Å². The highest BCUT2D eigenvalue weighted by molar-refractivity contribution is 5.22. The first kappa shape index (κ1) is 24.3. The van der Waals surface area contributed by atoms with Crippen LogP contribution in [-0.2, 0) is 6.42 Å². The van der Waals surface area contributed by atoms with Crippen LogP contribution in [0.2, 0.25) is 0 Å². The molecule has 0 bridgehead atoms. The molecule has 0 saturated heterocycles. The zero-order valence-corrected chi connectivity index (χ0v) is 18.7. The van der Waals surface area contributed by atoms with Crippen LogP contribution in [0.4, 0.5) is 0 Å². The van der Waals surface area contributed by atoms with E-state index in [9.17, 15) is 0 Å². The highest BCUT2D eigenvalue weighted by Gasteiger charge is 1.96. The molecule has 0 radical (unpaired) electrons. The summed E-state index contributed by atoms with van der Waals surface area (Å²) < 4.78 is 0. The largest absolute Gasteiger partial charge is 0.0654 e. The van der Waals surface area contributed by atoms with Gasteiger partial charge in [0.15, 0.2) is 0 Å². The molecule has 0 spiro atoms. The van der Waals surface area contributed by atoms with Crippen LogP contribution in [0.1, 0.15) is 134 Å². The van der Waals surface area contributed by atoms with Gasteiger partial charge >= 0.3 is 0 Å². The molecule has 27 heavy (non-hydrogen) atoms. The third kappa shape index (κ3) is 15.9. The minimum atomic E-state index is 1.26. The summed E-state index contributed by atoms with van der Waals surface area (Å²) in [4.78, 5) is 0. The lowest BCUT2D eigenvalue weighted by molar-refractivity contribution is 0.525. The summed E-state index contributed by atoms with van der Waals surface area (Å²) in [6.07, 6.45) is 27.4. The fraction of sp³-hybridized carbons (Fsp3) is 0.778. The topological polar surface area (TPSA) is 0 Å². The van der Waals surface area contributed by atoms with Crippen molar-refractivity contribution in [2.45, 2.75) is 136 Å². The van der Waals surface area contributed by atoms with Crippen molar-refractivity contribution in [1.29, 1.82) is 0 Å². The molecular weight excluding hydrogens is 324 g/mol. The zero-order chi connectivity index (χ0) is 19.4. The molecule has 0 N–H and O–H groups in total. The van der Waals surface area contributed by atoms with Crippen LogP contribution < -0.4 is 0 Å². The molecule has 0 saturated carbocycles. The van der Waals surface area contributed by atoms with Crippen LogP contribution in [0.15, 0.2) is 24.3 Å². The van der Waals surface area contributed by atoms with Crippen molar-refractivity contribution in [2.24, 2.45) is 0 Å². The Hall–Kier alpha value is -0.780. The predicted octanol–water partition coefficient (Wildman–Crippen LogP) is 9.58. The minimum Gasteiger partial charge on any atom is -0.0654 e. The molecule has 0 amide bonds. The van der Waals surface area contributed by atoms with Crippen LogP contribution >= 0.6 is 0 Å². The maximum atomic E-state index is 2.34. The molecule has 0 unspecified atom stereocenters. The van der Waals surface area contributed by atoms with E-state index in [1.807, 2.05) is 0 Å². The molecule has 0 aromatic heterocycles. The Balaban J connectivity index is 1.72. The average molecular weight is 373 g/mol. The Labute approximate surface area is 171 Å². The normalized spacial score (nSPS) is 11.2. The number of rotatable bonds is 19. The molecule has 0 fully saturated rings. The number of aryl methyl sites for hydroxylation is 2. The Bertz CT molecular complexity index is 420. The van der Waals surface area contributed by atoms with Crippen LogP contribution in [0.25, 0.3) is 0 Å². The van der Waals surface area contributed by atoms with Crippen molar-refractivity contribution in [2.75, 3.05) is 0 Å². The lowest BCUT2D eigenvalue weighted by Crippen LogP contribution is -1.87. The summed E-state index contributed by atoms with van der Waals surface area (Å²) in [5.41, 5.74) is 2.92. The molecule has 0 nitrogen and oxygen atoms in total. The third-order valence-electron chi connectivity index (χ3n) is 5.90. The Morgan fingerprint density at radius 2 is 0.926 bits per heavy atom. The quantitative estimate of drug-likeness (QED) is 0.212. The molecule has 0 heterocycles. The van der Waals surface area contributed by atoms with E-state index in [1.165, 1.54) is 133 Å². The summed E-state index contributed by atoms with van der Waals surface area (Å²) in [5.74, 6) is 0. The van der Waals surface area contributed by atoms with E-state index >= 15 is 0 Å². The van der Waals surface area contributed by atoms with Gasteiger partial charge in [-0.25, -0.2) is 0 Å². The molecule has 0 aliphatic heterocycles. The van der Waals surface area contributed by atoms with Gasteiger partial charge in [-0.3, -0.25) is 0 Å². The maximum absolute atomic E-state index is 2.34. The monoisotopic (exact) mass is 372 g/mol. The van der Waals surface area contributed by atoms with Gasteiger partial charge in [0.05, 0.1) is 0 Å². The van der Waals surface area contributed by atoms with Gasteiger partial charge in [-0.1, -0.05) is 146 Å². The van der Waals surface area contributed by atoms with Gasteiger partial charge in [0, 0.05) is 0 Å². The first-order valence-corrected chi connectivity index (χ1v) is 12.4. The molecular formula is C27H48. The molecule has 0 aliphatic carbocycles. The van der Waals surface area contributed by atoms with Crippen molar-refractivity contribution in [3.8, 4) is 0 Å². The van der Waals surface area contributed by atoms with E-state index in [-0.39, 0.29) is 0 Å². The SMILES string of the molecule is CCCCCCCCCCCCCCCCCCCCc1cccc(C)c1. The van der Waals surface area contributed by atoms with Crippen molar-refractivity contribution in [1.82, 2.24) is 0 Å². The molecule has 1 aromatic carbocycles. The molecule has 0 aliphatic rings. The highest BCUT2D eigenvalue weighted by atomic mass is 14.0. The van der Waals surface area contributed by atoms with E-state index in [1.54, 1.807) is 0 Å². The van der Waals surface area contributed by atoms with Gasteiger partial charge in [-0.2, -0.15) is 0 Å². The van der Waals surface area contributed by atoms with Crippen LogP contribution in [-0.4, -0.2) is 0 Å². The Morgan fingerprint density at radius 3 is 1.33 bits per heavy atom. The Morgan fingerprint density at radius 1 is 0.519 bits per heavy atom. The number of unbranched alkanes of at least 4 members (excludes halogenated alkanes) is 17. The lowest BCUT2D eigenvalue weighted by atomic mass is 10.0. The van der Waals surface area contributed by atoms with Gasteiger partial charge < -0.3 is 0 Å².